The zero-order valence-corrected chi connectivity index (χ0v) is 18.1. The van der Waals surface area contributed by atoms with Crippen molar-refractivity contribution < 1.29 is 9.18 Å². The molecule has 0 amide bonds. The molecule has 1 saturated heterocycles. The minimum atomic E-state index is -0.364. The van der Waals surface area contributed by atoms with Crippen LogP contribution < -0.4 is 10.6 Å². The van der Waals surface area contributed by atoms with E-state index in [1.807, 2.05) is 30.6 Å². The van der Waals surface area contributed by atoms with Crippen molar-refractivity contribution in [2.75, 3.05) is 18.4 Å². The second-order valence-electron chi connectivity index (χ2n) is 8.30. The van der Waals surface area contributed by atoms with Gasteiger partial charge in [-0.1, -0.05) is 0 Å². The van der Waals surface area contributed by atoms with Gasteiger partial charge < -0.3 is 10.6 Å². The van der Waals surface area contributed by atoms with E-state index in [-0.39, 0.29) is 18.0 Å². The van der Waals surface area contributed by atoms with E-state index in [4.69, 9.17) is 4.98 Å². The Hall–Kier alpha value is -3.71. The summed E-state index contributed by atoms with van der Waals surface area (Å²) in [6.07, 6.45) is 7.69. The quantitative estimate of drug-likeness (QED) is 0.431. The molecule has 1 aliphatic heterocycles. The van der Waals surface area contributed by atoms with Crippen molar-refractivity contribution in [1.29, 1.82) is 0 Å². The van der Waals surface area contributed by atoms with Crippen LogP contribution in [0.1, 0.15) is 28.9 Å². The summed E-state index contributed by atoms with van der Waals surface area (Å²) in [5.41, 5.74) is 4.58. The number of anilines is 1. The summed E-state index contributed by atoms with van der Waals surface area (Å²) in [7, 11) is 0. The molecule has 4 aromatic rings. The Kier molecular flexibility index (Phi) is 6.04. The number of nitrogens with zero attached hydrogens (tertiary/aromatic N) is 3. The number of hydrogen-bond acceptors (Lipinski definition) is 6. The number of aromatic nitrogens is 3. The molecule has 0 bridgehead atoms. The van der Waals surface area contributed by atoms with Crippen LogP contribution in [0.15, 0.2) is 67.1 Å². The van der Waals surface area contributed by atoms with Crippen LogP contribution in [0.3, 0.4) is 0 Å². The van der Waals surface area contributed by atoms with E-state index >= 15 is 0 Å². The molecule has 2 N–H and O–H groups in total. The van der Waals surface area contributed by atoms with Crippen molar-refractivity contribution >= 4 is 22.4 Å². The molecule has 0 radical (unpaired) electrons. The fraction of sp³-hybridized carbons (Fsp3) is 0.231. The molecular formula is C26H24FN5O. The summed E-state index contributed by atoms with van der Waals surface area (Å²) in [5.74, 6) is -0.476. The van der Waals surface area contributed by atoms with Gasteiger partial charge in [0.1, 0.15) is 5.82 Å². The zero-order chi connectivity index (χ0) is 22.6. The van der Waals surface area contributed by atoms with E-state index in [0.29, 0.717) is 17.3 Å². The first-order valence-corrected chi connectivity index (χ1v) is 11.1. The maximum atomic E-state index is 13.1. The lowest BCUT2D eigenvalue weighted by molar-refractivity contribution is 0.0992. The normalized spacial score (nSPS) is 14.3. The summed E-state index contributed by atoms with van der Waals surface area (Å²) < 4.78 is 13.1. The zero-order valence-electron chi connectivity index (χ0n) is 18.1. The third kappa shape index (κ3) is 5.04. The van der Waals surface area contributed by atoms with Gasteiger partial charge in [-0.15, -0.1) is 0 Å². The highest BCUT2D eigenvalue weighted by Crippen LogP contribution is 2.24. The number of nitrogens with one attached hydrogen (secondary N) is 2. The number of hydrogen-bond donors (Lipinski definition) is 2. The number of halogens is 1. The minimum Gasteiger partial charge on any atom is -0.381 e. The van der Waals surface area contributed by atoms with E-state index in [2.05, 4.69) is 26.7 Å². The van der Waals surface area contributed by atoms with Gasteiger partial charge in [-0.2, -0.15) is 0 Å². The number of piperidine rings is 1. The molecule has 0 atom stereocenters. The Labute approximate surface area is 191 Å². The molecule has 1 aliphatic rings. The lowest BCUT2D eigenvalue weighted by Gasteiger charge is -2.24. The number of ketones is 1. The molecule has 1 fully saturated rings. The van der Waals surface area contributed by atoms with Crippen LogP contribution in [-0.4, -0.2) is 39.9 Å². The van der Waals surface area contributed by atoms with Gasteiger partial charge in [0.15, 0.2) is 5.78 Å². The molecule has 33 heavy (non-hydrogen) atoms. The van der Waals surface area contributed by atoms with Crippen LogP contribution in [0.5, 0.6) is 0 Å². The van der Waals surface area contributed by atoms with Gasteiger partial charge in [-0.25, -0.2) is 9.37 Å². The van der Waals surface area contributed by atoms with E-state index < -0.39 is 0 Å². The number of carbonyl (C=O) groups excluding carboxylic acids is 1. The van der Waals surface area contributed by atoms with Crippen LogP contribution in [0.25, 0.3) is 22.2 Å². The fourth-order valence-electron chi connectivity index (χ4n) is 4.08. The van der Waals surface area contributed by atoms with Crippen LogP contribution in [0.2, 0.25) is 0 Å². The fourth-order valence-corrected chi connectivity index (χ4v) is 4.08. The summed E-state index contributed by atoms with van der Waals surface area (Å²) in [6, 6.07) is 13.9. The van der Waals surface area contributed by atoms with Gasteiger partial charge in [0.2, 0.25) is 0 Å². The first-order valence-electron chi connectivity index (χ1n) is 11.1. The van der Waals surface area contributed by atoms with Crippen molar-refractivity contribution in [3.8, 4) is 11.3 Å². The highest BCUT2D eigenvalue weighted by molar-refractivity contribution is 5.97. The van der Waals surface area contributed by atoms with Gasteiger partial charge in [-0.05, 0) is 74.5 Å². The molecule has 0 saturated carbocycles. The van der Waals surface area contributed by atoms with Crippen molar-refractivity contribution in [3.05, 3.63) is 84.2 Å². The maximum Gasteiger partial charge on any atom is 0.168 e. The number of Topliss-reactive ketones (excluding diaryl/α,β-unsaturated/α-hetero) is 1. The third-order valence-corrected chi connectivity index (χ3v) is 5.88. The van der Waals surface area contributed by atoms with Crippen LogP contribution in [0.4, 0.5) is 10.1 Å². The Morgan fingerprint density at radius 2 is 1.85 bits per heavy atom. The first-order chi connectivity index (χ1) is 16.1. The van der Waals surface area contributed by atoms with Gasteiger partial charge in [0.25, 0.3) is 0 Å². The minimum absolute atomic E-state index is 0.112. The molecule has 0 spiro atoms. The molecule has 0 unspecified atom stereocenters. The monoisotopic (exact) mass is 441 g/mol. The second-order valence-corrected chi connectivity index (χ2v) is 8.30. The standard InChI is InChI=1S/C26H24FN5O/c27-20-4-1-17(2-5-20)26(33)13-22-12-25-18(15-30-22)3-6-24(32-25)19-11-23(16-29-14-19)31-21-7-9-28-10-8-21/h1-6,11-12,14-16,21,28,31H,7-10,13H2. The van der Waals surface area contributed by atoms with E-state index in [1.54, 1.807) is 6.20 Å². The van der Waals surface area contributed by atoms with Gasteiger partial charge in [0.05, 0.1) is 29.0 Å². The summed E-state index contributed by atoms with van der Waals surface area (Å²) in [4.78, 5) is 26.2. The average molecular weight is 442 g/mol. The van der Waals surface area contributed by atoms with Gasteiger partial charge in [-0.3, -0.25) is 14.8 Å². The van der Waals surface area contributed by atoms with Crippen LogP contribution >= 0.6 is 0 Å². The Balaban J connectivity index is 1.37. The second kappa shape index (κ2) is 9.42. The topological polar surface area (TPSA) is 79.8 Å². The Morgan fingerprint density at radius 3 is 2.67 bits per heavy atom. The third-order valence-electron chi connectivity index (χ3n) is 5.88. The Bertz CT molecular complexity index is 1290. The Morgan fingerprint density at radius 1 is 1.03 bits per heavy atom. The van der Waals surface area contributed by atoms with Gasteiger partial charge in [0, 0.05) is 41.1 Å². The van der Waals surface area contributed by atoms with Crippen molar-refractivity contribution in [3.63, 3.8) is 0 Å². The highest BCUT2D eigenvalue weighted by Gasteiger charge is 2.14. The molecule has 7 heteroatoms. The molecule has 3 aromatic heterocycles. The number of fused-ring (bicyclic) bond motifs is 1. The SMILES string of the molecule is O=C(Cc1cc2nc(-c3cncc(NC4CCNCC4)c3)ccc2cn1)c1ccc(F)cc1. The largest absolute Gasteiger partial charge is 0.381 e. The summed E-state index contributed by atoms with van der Waals surface area (Å²) in [6.45, 7) is 2.05. The van der Waals surface area contributed by atoms with Crippen molar-refractivity contribution in [1.82, 2.24) is 20.3 Å². The maximum absolute atomic E-state index is 13.1. The molecule has 5 rings (SSSR count). The molecule has 166 valence electrons. The lowest BCUT2D eigenvalue weighted by atomic mass is 10.1. The first kappa shape index (κ1) is 21.2. The summed E-state index contributed by atoms with van der Waals surface area (Å²) >= 11 is 0. The summed E-state index contributed by atoms with van der Waals surface area (Å²) in [5, 5.41) is 7.85. The average Bonchev–Trinajstić information content (AvgIpc) is 2.85. The van der Waals surface area contributed by atoms with E-state index in [0.717, 1.165) is 53.8 Å². The van der Waals surface area contributed by atoms with Crippen molar-refractivity contribution in [2.24, 2.45) is 0 Å². The molecular weight excluding hydrogens is 417 g/mol. The van der Waals surface area contributed by atoms with Gasteiger partial charge >= 0.3 is 0 Å². The van der Waals surface area contributed by atoms with E-state index in [9.17, 15) is 9.18 Å². The molecule has 1 aromatic carbocycles. The van der Waals surface area contributed by atoms with Crippen molar-refractivity contribution in [2.45, 2.75) is 25.3 Å². The highest BCUT2D eigenvalue weighted by atomic mass is 19.1. The predicted molar refractivity (Wildman–Crippen MR) is 127 cm³/mol. The number of benzene rings is 1. The molecule has 4 heterocycles. The molecule has 6 nitrogen and oxygen atoms in total. The van der Waals surface area contributed by atoms with Crippen LogP contribution in [-0.2, 0) is 6.42 Å². The number of rotatable bonds is 6. The molecule has 0 aliphatic carbocycles. The lowest BCUT2D eigenvalue weighted by Crippen LogP contribution is -2.35. The number of pyridine rings is 3. The van der Waals surface area contributed by atoms with E-state index in [1.165, 1.54) is 24.3 Å². The number of carbonyl (C=O) groups is 1. The smallest absolute Gasteiger partial charge is 0.168 e. The van der Waals surface area contributed by atoms with Crippen LogP contribution in [0, 0.1) is 5.82 Å². The predicted octanol–water partition coefficient (Wildman–Crippen LogP) is 4.42.